The second-order valence-electron chi connectivity index (χ2n) is 6.47. The van der Waals surface area contributed by atoms with Crippen LogP contribution in [0.25, 0.3) is 0 Å². The molecule has 0 aliphatic carbocycles. The molecule has 1 amide bonds. The number of benzene rings is 2. The molecule has 0 spiro atoms. The molecule has 26 heavy (non-hydrogen) atoms. The third kappa shape index (κ3) is 6.71. The van der Waals surface area contributed by atoms with Crippen molar-refractivity contribution < 1.29 is 14.7 Å². The number of carbonyl (C=O) groups excluding carboxylic acids is 1. The SMILES string of the molecule is CCC(=O)N(CCCc1ccccc1)Cc1ccc(CCC(=O)O)cc1. The van der Waals surface area contributed by atoms with Crippen LogP contribution >= 0.6 is 0 Å². The number of carboxylic acids is 1. The van der Waals surface area contributed by atoms with Gasteiger partial charge in [-0.2, -0.15) is 0 Å². The molecule has 0 aromatic heterocycles. The van der Waals surface area contributed by atoms with Crippen LogP contribution in [0.15, 0.2) is 54.6 Å². The summed E-state index contributed by atoms with van der Waals surface area (Å²) in [6.07, 6.45) is 3.07. The molecule has 4 heteroatoms. The van der Waals surface area contributed by atoms with Gasteiger partial charge < -0.3 is 10.0 Å². The van der Waals surface area contributed by atoms with Crippen molar-refractivity contribution >= 4 is 11.9 Å². The number of aliphatic carboxylic acids is 1. The monoisotopic (exact) mass is 353 g/mol. The Labute approximate surface area is 155 Å². The van der Waals surface area contributed by atoms with Crippen LogP contribution in [0, 0.1) is 0 Å². The first-order valence-electron chi connectivity index (χ1n) is 9.19. The zero-order valence-corrected chi connectivity index (χ0v) is 15.4. The largest absolute Gasteiger partial charge is 0.481 e. The molecular formula is C22H27NO3. The lowest BCUT2D eigenvalue weighted by molar-refractivity contribution is -0.137. The highest BCUT2D eigenvalue weighted by molar-refractivity contribution is 5.75. The lowest BCUT2D eigenvalue weighted by Crippen LogP contribution is -2.31. The summed E-state index contributed by atoms with van der Waals surface area (Å²) in [7, 11) is 0. The van der Waals surface area contributed by atoms with Crippen LogP contribution in [-0.2, 0) is 29.0 Å². The fourth-order valence-electron chi connectivity index (χ4n) is 2.92. The number of aryl methyl sites for hydroxylation is 2. The first-order chi connectivity index (χ1) is 12.6. The maximum Gasteiger partial charge on any atom is 0.303 e. The molecule has 0 saturated heterocycles. The second-order valence-corrected chi connectivity index (χ2v) is 6.47. The summed E-state index contributed by atoms with van der Waals surface area (Å²) in [6, 6.07) is 18.2. The van der Waals surface area contributed by atoms with Gasteiger partial charge >= 0.3 is 5.97 Å². The lowest BCUT2D eigenvalue weighted by Gasteiger charge is -2.22. The van der Waals surface area contributed by atoms with Gasteiger partial charge in [-0.1, -0.05) is 61.5 Å². The first kappa shape index (κ1) is 19.7. The fourth-order valence-corrected chi connectivity index (χ4v) is 2.92. The fraction of sp³-hybridized carbons (Fsp3) is 0.364. The van der Waals surface area contributed by atoms with Crippen molar-refractivity contribution in [3.63, 3.8) is 0 Å². The second kappa shape index (κ2) is 10.4. The molecule has 0 fully saturated rings. The summed E-state index contributed by atoms with van der Waals surface area (Å²) >= 11 is 0. The van der Waals surface area contributed by atoms with Gasteiger partial charge in [0.1, 0.15) is 0 Å². The molecule has 1 N–H and O–H groups in total. The molecular weight excluding hydrogens is 326 g/mol. The molecule has 0 unspecified atom stereocenters. The minimum atomic E-state index is -0.785. The predicted octanol–water partition coefficient (Wildman–Crippen LogP) is 4.08. The molecule has 4 nitrogen and oxygen atoms in total. The molecule has 0 bridgehead atoms. The molecule has 0 radical (unpaired) electrons. The zero-order valence-electron chi connectivity index (χ0n) is 15.4. The Balaban J connectivity index is 1.90. The predicted molar refractivity (Wildman–Crippen MR) is 103 cm³/mol. The van der Waals surface area contributed by atoms with Crippen molar-refractivity contribution in [2.24, 2.45) is 0 Å². The molecule has 0 aliphatic heterocycles. The summed E-state index contributed by atoms with van der Waals surface area (Å²) in [4.78, 5) is 24.8. The topological polar surface area (TPSA) is 57.6 Å². The smallest absolute Gasteiger partial charge is 0.303 e. The van der Waals surface area contributed by atoms with E-state index in [-0.39, 0.29) is 12.3 Å². The highest BCUT2D eigenvalue weighted by atomic mass is 16.4. The highest BCUT2D eigenvalue weighted by Gasteiger charge is 2.12. The van der Waals surface area contributed by atoms with E-state index in [1.165, 1.54) is 5.56 Å². The minimum absolute atomic E-state index is 0.138. The van der Waals surface area contributed by atoms with Crippen molar-refractivity contribution in [1.29, 1.82) is 0 Å². The molecule has 2 aromatic rings. The normalized spacial score (nSPS) is 10.5. The van der Waals surface area contributed by atoms with Crippen LogP contribution in [-0.4, -0.2) is 28.4 Å². The maximum atomic E-state index is 12.3. The molecule has 138 valence electrons. The number of carboxylic acid groups (broad SMARTS) is 1. The molecule has 2 aromatic carbocycles. The van der Waals surface area contributed by atoms with E-state index in [1.54, 1.807) is 0 Å². The van der Waals surface area contributed by atoms with Gasteiger partial charge in [0, 0.05) is 25.9 Å². The minimum Gasteiger partial charge on any atom is -0.481 e. The Morgan fingerprint density at radius 2 is 1.50 bits per heavy atom. The number of carbonyl (C=O) groups is 2. The third-order valence-corrected chi connectivity index (χ3v) is 4.42. The van der Waals surface area contributed by atoms with Gasteiger partial charge in [-0.3, -0.25) is 9.59 Å². The van der Waals surface area contributed by atoms with E-state index in [9.17, 15) is 9.59 Å². The number of amides is 1. The van der Waals surface area contributed by atoms with E-state index in [0.717, 1.165) is 30.5 Å². The van der Waals surface area contributed by atoms with Crippen LogP contribution < -0.4 is 0 Å². The summed E-state index contributed by atoms with van der Waals surface area (Å²) in [5, 5.41) is 8.76. The Bertz CT molecular complexity index is 695. The molecule has 0 heterocycles. The van der Waals surface area contributed by atoms with Gasteiger partial charge in [-0.25, -0.2) is 0 Å². The van der Waals surface area contributed by atoms with Gasteiger partial charge in [-0.15, -0.1) is 0 Å². The van der Waals surface area contributed by atoms with Crippen LogP contribution in [0.1, 0.15) is 42.9 Å². The average Bonchev–Trinajstić information content (AvgIpc) is 2.66. The Morgan fingerprint density at radius 1 is 0.885 bits per heavy atom. The Morgan fingerprint density at radius 3 is 2.12 bits per heavy atom. The van der Waals surface area contributed by atoms with Gasteiger partial charge in [0.15, 0.2) is 0 Å². The highest BCUT2D eigenvalue weighted by Crippen LogP contribution is 2.12. The maximum absolute atomic E-state index is 12.3. The molecule has 0 aliphatic rings. The number of hydrogen-bond donors (Lipinski definition) is 1. The van der Waals surface area contributed by atoms with E-state index in [2.05, 4.69) is 12.1 Å². The first-order valence-corrected chi connectivity index (χ1v) is 9.19. The van der Waals surface area contributed by atoms with Gasteiger partial charge in [0.25, 0.3) is 0 Å². The summed E-state index contributed by atoms with van der Waals surface area (Å²) in [6.45, 7) is 3.23. The zero-order chi connectivity index (χ0) is 18.8. The van der Waals surface area contributed by atoms with Crippen molar-refractivity contribution in [2.75, 3.05) is 6.54 Å². The van der Waals surface area contributed by atoms with Crippen LogP contribution in [0.2, 0.25) is 0 Å². The van der Waals surface area contributed by atoms with E-state index < -0.39 is 5.97 Å². The van der Waals surface area contributed by atoms with Crippen molar-refractivity contribution in [3.05, 3.63) is 71.3 Å². The Hall–Kier alpha value is -2.62. The average molecular weight is 353 g/mol. The van der Waals surface area contributed by atoms with Crippen LogP contribution in [0.4, 0.5) is 0 Å². The summed E-state index contributed by atoms with van der Waals surface area (Å²) in [5.74, 6) is -0.625. The van der Waals surface area contributed by atoms with Crippen molar-refractivity contribution in [1.82, 2.24) is 4.90 Å². The Kier molecular flexibility index (Phi) is 7.87. The number of rotatable bonds is 10. The third-order valence-electron chi connectivity index (χ3n) is 4.42. The van der Waals surface area contributed by atoms with E-state index >= 15 is 0 Å². The van der Waals surface area contributed by atoms with Crippen LogP contribution in [0.3, 0.4) is 0 Å². The molecule has 2 rings (SSSR count). The quantitative estimate of drug-likeness (QED) is 0.700. The molecule has 0 saturated carbocycles. The van der Waals surface area contributed by atoms with E-state index in [4.69, 9.17) is 5.11 Å². The van der Waals surface area contributed by atoms with Gasteiger partial charge in [-0.05, 0) is 36.0 Å². The van der Waals surface area contributed by atoms with E-state index in [0.29, 0.717) is 19.4 Å². The van der Waals surface area contributed by atoms with Crippen molar-refractivity contribution in [3.8, 4) is 0 Å². The lowest BCUT2D eigenvalue weighted by atomic mass is 10.1. The van der Waals surface area contributed by atoms with Gasteiger partial charge in [0.05, 0.1) is 0 Å². The molecule has 0 atom stereocenters. The van der Waals surface area contributed by atoms with Gasteiger partial charge in [0.2, 0.25) is 5.91 Å². The summed E-state index contributed by atoms with van der Waals surface area (Å²) < 4.78 is 0. The van der Waals surface area contributed by atoms with Crippen molar-refractivity contribution in [2.45, 2.75) is 45.6 Å². The number of nitrogens with zero attached hydrogens (tertiary/aromatic N) is 1. The number of hydrogen-bond acceptors (Lipinski definition) is 2. The van der Waals surface area contributed by atoms with E-state index in [1.807, 2.05) is 54.3 Å². The summed E-state index contributed by atoms with van der Waals surface area (Å²) in [5.41, 5.74) is 3.37. The standard InChI is InChI=1S/C22H27NO3/c1-2-21(24)23(16-6-9-18-7-4-3-5-8-18)17-20-12-10-19(11-13-20)14-15-22(25)26/h3-5,7-8,10-13H,2,6,9,14-17H2,1H3,(H,25,26). The van der Waals surface area contributed by atoms with Crippen LogP contribution in [0.5, 0.6) is 0 Å².